The van der Waals surface area contributed by atoms with Crippen molar-refractivity contribution in [3.63, 3.8) is 0 Å². The number of rotatable bonds is 4. The summed E-state index contributed by atoms with van der Waals surface area (Å²) < 4.78 is 12.8. The molecular weight excluding hydrogens is 249 g/mol. The van der Waals surface area contributed by atoms with E-state index >= 15 is 0 Å². The number of aromatic nitrogens is 1. The molecule has 0 amide bonds. The second-order valence-electron chi connectivity index (χ2n) is 4.82. The zero-order valence-electron chi connectivity index (χ0n) is 10.7. The Labute approximate surface area is 112 Å². The predicted molar refractivity (Wildman–Crippen MR) is 74.1 cm³/mol. The molecule has 1 aliphatic heterocycles. The standard InChI is InChI=1S/C13H20FN3S/c1-10(9-17-4-6-18-7-5-17)13(15)12-3-2-11(14)8-16-12/h2-3,8,10,13H,4-7,9,15H2,1H3. The average molecular weight is 269 g/mol. The Balaban J connectivity index is 1.91. The van der Waals surface area contributed by atoms with Crippen molar-refractivity contribution in [3.05, 3.63) is 29.8 Å². The highest BCUT2D eigenvalue weighted by atomic mass is 32.2. The number of hydrogen-bond acceptors (Lipinski definition) is 4. The van der Waals surface area contributed by atoms with Crippen LogP contribution in [0.15, 0.2) is 18.3 Å². The summed E-state index contributed by atoms with van der Waals surface area (Å²) in [4.78, 5) is 6.52. The quantitative estimate of drug-likeness (QED) is 0.906. The van der Waals surface area contributed by atoms with Gasteiger partial charge in [0.1, 0.15) is 5.82 Å². The van der Waals surface area contributed by atoms with Crippen molar-refractivity contribution >= 4 is 11.8 Å². The molecule has 3 nitrogen and oxygen atoms in total. The third-order valence-electron chi connectivity index (χ3n) is 3.35. The molecule has 1 aromatic heterocycles. The summed E-state index contributed by atoms with van der Waals surface area (Å²) in [5.74, 6) is 2.42. The van der Waals surface area contributed by atoms with Crippen molar-refractivity contribution in [3.8, 4) is 0 Å². The van der Waals surface area contributed by atoms with Crippen molar-refractivity contribution in [1.29, 1.82) is 0 Å². The van der Waals surface area contributed by atoms with Crippen LogP contribution in [-0.4, -0.2) is 41.0 Å². The number of pyridine rings is 1. The maximum absolute atomic E-state index is 12.8. The maximum atomic E-state index is 12.8. The molecule has 1 aliphatic rings. The van der Waals surface area contributed by atoms with Crippen molar-refractivity contribution < 1.29 is 4.39 Å². The van der Waals surface area contributed by atoms with Crippen LogP contribution in [0.1, 0.15) is 18.7 Å². The Morgan fingerprint density at radius 3 is 2.78 bits per heavy atom. The lowest BCUT2D eigenvalue weighted by molar-refractivity contribution is 0.240. The summed E-state index contributed by atoms with van der Waals surface area (Å²) in [7, 11) is 0. The van der Waals surface area contributed by atoms with Gasteiger partial charge in [-0.3, -0.25) is 4.98 Å². The Morgan fingerprint density at radius 1 is 1.44 bits per heavy atom. The van der Waals surface area contributed by atoms with Gasteiger partial charge >= 0.3 is 0 Å². The SMILES string of the molecule is CC(CN1CCSCC1)C(N)c1ccc(F)cn1. The number of nitrogens with two attached hydrogens (primary N) is 1. The summed E-state index contributed by atoms with van der Waals surface area (Å²) in [6, 6.07) is 2.98. The van der Waals surface area contributed by atoms with E-state index in [1.54, 1.807) is 6.07 Å². The molecule has 0 radical (unpaired) electrons. The van der Waals surface area contributed by atoms with E-state index in [1.165, 1.54) is 23.8 Å². The lowest BCUT2D eigenvalue weighted by Crippen LogP contribution is -2.38. The summed E-state index contributed by atoms with van der Waals surface area (Å²) >= 11 is 2.01. The molecule has 2 heterocycles. The fourth-order valence-corrected chi connectivity index (χ4v) is 3.16. The van der Waals surface area contributed by atoms with Gasteiger partial charge in [0.25, 0.3) is 0 Å². The van der Waals surface area contributed by atoms with Crippen molar-refractivity contribution in [2.75, 3.05) is 31.1 Å². The molecule has 100 valence electrons. The van der Waals surface area contributed by atoms with Crippen LogP contribution in [0.2, 0.25) is 0 Å². The van der Waals surface area contributed by atoms with Crippen molar-refractivity contribution in [2.24, 2.45) is 11.7 Å². The van der Waals surface area contributed by atoms with Crippen molar-refractivity contribution in [1.82, 2.24) is 9.88 Å². The van der Waals surface area contributed by atoms with E-state index in [-0.39, 0.29) is 11.9 Å². The van der Waals surface area contributed by atoms with Gasteiger partial charge in [-0.05, 0) is 18.1 Å². The molecule has 1 saturated heterocycles. The molecule has 0 aromatic carbocycles. The highest BCUT2D eigenvalue weighted by Gasteiger charge is 2.20. The molecule has 0 spiro atoms. The minimum Gasteiger partial charge on any atom is -0.322 e. The normalized spacial score (nSPS) is 20.6. The van der Waals surface area contributed by atoms with Gasteiger partial charge in [0.15, 0.2) is 0 Å². The van der Waals surface area contributed by atoms with Crippen LogP contribution in [0.5, 0.6) is 0 Å². The third-order valence-corrected chi connectivity index (χ3v) is 4.30. The van der Waals surface area contributed by atoms with Gasteiger partial charge in [-0.15, -0.1) is 0 Å². The lowest BCUT2D eigenvalue weighted by Gasteiger charge is -2.30. The third kappa shape index (κ3) is 3.67. The topological polar surface area (TPSA) is 42.1 Å². The van der Waals surface area contributed by atoms with E-state index in [2.05, 4.69) is 16.8 Å². The molecule has 1 aromatic rings. The molecular formula is C13H20FN3S. The van der Waals surface area contributed by atoms with Crippen LogP contribution in [0.3, 0.4) is 0 Å². The van der Waals surface area contributed by atoms with E-state index in [0.29, 0.717) is 5.92 Å². The zero-order chi connectivity index (χ0) is 13.0. The monoisotopic (exact) mass is 269 g/mol. The van der Waals surface area contributed by atoms with Crippen LogP contribution >= 0.6 is 11.8 Å². The Kier molecular flexibility index (Phi) is 4.97. The largest absolute Gasteiger partial charge is 0.322 e. The Morgan fingerprint density at radius 2 is 2.17 bits per heavy atom. The summed E-state index contributed by atoms with van der Waals surface area (Å²) in [6.07, 6.45) is 1.24. The Hall–Kier alpha value is -0.650. The molecule has 2 rings (SSSR count). The molecule has 0 saturated carbocycles. The first-order valence-electron chi connectivity index (χ1n) is 6.34. The fourth-order valence-electron chi connectivity index (χ4n) is 2.18. The first kappa shape index (κ1) is 13.8. The van der Waals surface area contributed by atoms with Crippen LogP contribution in [0.25, 0.3) is 0 Å². The van der Waals surface area contributed by atoms with E-state index in [1.807, 2.05) is 11.8 Å². The number of halogens is 1. The highest BCUT2D eigenvalue weighted by molar-refractivity contribution is 7.99. The fraction of sp³-hybridized carbons (Fsp3) is 0.615. The van der Waals surface area contributed by atoms with Crippen LogP contribution in [0, 0.1) is 11.7 Å². The molecule has 5 heteroatoms. The number of nitrogens with zero attached hydrogens (tertiary/aromatic N) is 2. The van der Waals surface area contributed by atoms with E-state index in [9.17, 15) is 4.39 Å². The Bertz CT molecular complexity index is 365. The first-order valence-corrected chi connectivity index (χ1v) is 7.49. The lowest BCUT2D eigenvalue weighted by atomic mass is 9.98. The second-order valence-corrected chi connectivity index (χ2v) is 6.04. The van der Waals surface area contributed by atoms with Gasteiger partial charge in [0.05, 0.1) is 17.9 Å². The minimum absolute atomic E-state index is 0.125. The van der Waals surface area contributed by atoms with E-state index in [0.717, 1.165) is 25.3 Å². The summed E-state index contributed by atoms with van der Waals surface area (Å²) in [5, 5.41) is 0. The smallest absolute Gasteiger partial charge is 0.141 e. The zero-order valence-corrected chi connectivity index (χ0v) is 11.5. The maximum Gasteiger partial charge on any atom is 0.141 e. The van der Waals surface area contributed by atoms with Crippen LogP contribution < -0.4 is 5.73 Å². The summed E-state index contributed by atoms with van der Waals surface area (Å²) in [5.41, 5.74) is 6.96. The number of hydrogen-bond donors (Lipinski definition) is 1. The van der Waals surface area contributed by atoms with Crippen molar-refractivity contribution in [2.45, 2.75) is 13.0 Å². The highest BCUT2D eigenvalue weighted by Crippen LogP contribution is 2.20. The average Bonchev–Trinajstić information content (AvgIpc) is 2.40. The molecule has 0 aliphatic carbocycles. The molecule has 18 heavy (non-hydrogen) atoms. The minimum atomic E-state index is -0.313. The predicted octanol–water partition coefficient (Wildman–Crippen LogP) is 1.91. The van der Waals surface area contributed by atoms with Gasteiger partial charge in [-0.25, -0.2) is 4.39 Å². The summed E-state index contributed by atoms with van der Waals surface area (Å²) in [6.45, 7) is 5.40. The second kappa shape index (κ2) is 6.50. The van der Waals surface area contributed by atoms with E-state index < -0.39 is 0 Å². The van der Waals surface area contributed by atoms with E-state index in [4.69, 9.17) is 5.73 Å². The first-order chi connectivity index (χ1) is 8.66. The number of thioether (sulfide) groups is 1. The van der Waals surface area contributed by atoms with Gasteiger partial charge in [0, 0.05) is 31.1 Å². The van der Waals surface area contributed by atoms with Gasteiger partial charge in [-0.1, -0.05) is 6.92 Å². The molecule has 1 fully saturated rings. The van der Waals surface area contributed by atoms with Crippen LogP contribution in [0.4, 0.5) is 4.39 Å². The molecule has 2 atom stereocenters. The molecule has 2 N–H and O–H groups in total. The van der Waals surface area contributed by atoms with Gasteiger partial charge < -0.3 is 10.6 Å². The van der Waals surface area contributed by atoms with Crippen LogP contribution in [-0.2, 0) is 0 Å². The molecule has 0 bridgehead atoms. The van der Waals surface area contributed by atoms with Gasteiger partial charge in [0.2, 0.25) is 0 Å². The van der Waals surface area contributed by atoms with Gasteiger partial charge in [-0.2, -0.15) is 11.8 Å². The molecule has 2 unspecified atom stereocenters.